The van der Waals surface area contributed by atoms with Crippen LogP contribution in [0.25, 0.3) is 0 Å². The first-order valence-corrected chi connectivity index (χ1v) is 9.10. The highest BCUT2D eigenvalue weighted by Gasteiger charge is 2.10. The van der Waals surface area contributed by atoms with Crippen LogP contribution in [0.5, 0.6) is 0 Å². The van der Waals surface area contributed by atoms with Gasteiger partial charge < -0.3 is 19.5 Å². The van der Waals surface area contributed by atoms with Crippen LogP contribution >= 0.6 is 0 Å². The van der Waals surface area contributed by atoms with Crippen molar-refractivity contribution in [2.24, 2.45) is 10.8 Å². The fourth-order valence-electron chi connectivity index (χ4n) is 1.70. The number of nitrogens with one attached hydrogen (secondary N) is 1. The summed E-state index contributed by atoms with van der Waals surface area (Å²) in [6.07, 6.45) is 2.45. The molecule has 0 heterocycles. The van der Waals surface area contributed by atoms with E-state index >= 15 is 0 Å². The molecular formula is C19H39NO4. The van der Waals surface area contributed by atoms with E-state index in [1.54, 1.807) is 0 Å². The number of carbonyl (C=O) groups excluding carboxylic acids is 1. The highest BCUT2D eigenvalue weighted by Crippen LogP contribution is 2.18. The lowest BCUT2D eigenvalue weighted by Gasteiger charge is -2.17. The topological polar surface area (TPSA) is 56.8 Å². The Morgan fingerprint density at radius 2 is 1.17 bits per heavy atom. The lowest BCUT2D eigenvalue weighted by atomic mass is 9.93. The van der Waals surface area contributed by atoms with Crippen molar-refractivity contribution in [3.8, 4) is 0 Å². The summed E-state index contributed by atoms with van der Waals surface area (Å²) in [7, 11) is 0. The first-order valence-electron chi connectivity index (χ1n) is 9.10. The van der Waals surface area contributed by atoms with Gasteiger partial charge in [0.15, 0.2) is 0 Å². The monoisotopic (exact) mass is 345 g/mol. The average molecular weight is 346 g/mol. The molecule has 0 saturated heterocycles. The zero-order valence-electron chi connectivity index (χ0n) is 16.7. The molecule has 5 heteroatoms. The summed E-state index contributed by atoms with van der Waals surface area (Å²) < 4.78 is 16.4. The molecule has 1 amide bonds. The van der Waals surface area contributed by atoms with Crippen molar-refractivity contribution < 1.29 is 19.0 Å². The number of hydrogen-bond donors (Lipinski definition) is 1. The van der Waals surface area contributed by atoms with Gasteiger partial charge in [-0.25, -0.2) is 0 Å². The van der Waals surface area contributed by atoms with Gasteiger partial charge in [-0.15, -0.1) is 0 Å². The summed E-state index contributed by atoms with van der Waals surface area (Å²) in [4.78, 5) is 11.6. The minimum Gasteiger partial charge on any atom is -0.381 e. The van der Waals surface area contributed by atoms with Crippen LogP contribution in [0.1, 0.15) is 60.8 Å². The van der Waals surface area contributed by atoms with Crippen LogP contribution in [0.15, 0.2) is 0 Å². The maximum absolute atomic E-state index is 11.6. The Labute approximate surface area is 148 Å². The molecule has 0 aromatic rings. The van der Waals surface area contributed by atoms with E-state index < -0.39 is 0 Å². The molecule has 0 aliphatic rings. The first kappa shape index (κ1) is 23.4. The van der Waals surface area contributed by atoms with Crippen molar-refractivity contribution in [2.45, 2.75) is 60.8 Å². The third-order valence-electron chi connectivity index (χ3n) is 3.41. The Balaban J connectivity index is 3.29. The Bertz CT molecular complexity index is 318. The molecule has 0 bridgehead atoms. The fraction of sp³-hybridized carbons (Fsp3) is 0.947. The van der Waals surface area contributed by atoms with E-state index in [2.05, 4.69) is 46.9 Å². The van der Waals surface area contributed by atoms with Crippen LogP contribution < -0.4 is 5.32 Å². The van der Waals surface area contributed by atoms with Crippen LogP contribution in [-0.2, 0) is 19.0 Å². The van der Waals surface area contributed by atoms with Gasteiger partial charge in [0.25, 0.3) is 0 Å². The Kier molecular flexibility index (Phi) is 12.3. The van der Waals surface area contributed by atoms with E-state index in [0.29, 0.717) is 51.4 Å². The normalized spacial score (nSPS) is 12.4. The summed E-state index contributed by atoms with van der Waals surface area (Å²) in [5.41, 5.74) is 0.581. The van der Waals surface area contributed by atoms with E-state index in [4.69, 9.17) is 14.2 Å². The van der Waals surface area contributed by atoms with Crippen molar-refractivity contribution in [2.75, 3.05) is 46.2 Å². The quantitative estimate of drug-likeness (QED) is 0.520. The molecule has 0 aliphatic carbocycles. The zero-order valence-corrected chi connectivity index (χ0v) is 16.7. The lowest BCUT2D eigenvalue weighted by molar-refractivity contribution is -0.122. The third kappa shape index (κ3) is 19.4. The fourth-order valence-corrected chi connectivity index (χ4v) is 1.70. The molecule has 0 aromatic heterocycles. The molecule has 24 heavy (non-hydrogen) atoms. The van der Waals surface area contributed by atoms with E-state index in [1.165, 1.54) is 0 Å². The minimum atomic E-state index is 0.00999. The molecule has 0 rings (SSSR count). The SMILES string of the molecule is CC(C)(C)CCOCCOCCNC(=O)CCOCCC(C)(C)C. The summed E-state index contributed by atoms with van der Waals surface area (Å²) in [5, 5.41) is 2.83. The lowest BCUT2D eigenvalue weighted by Crippen LogP contribution is -2.28. The van der Waals surface area contributed by atoms with Crippen LogP contribution in [-0.4, -0.2) is 52.1 Å². The number of carbonyl (C=O) groups is 1. The predicted molar refractivity (Wildman–Crippen MR) is 98.2 cm³/mol. The van der Waals surface area contributed by atoms with E-state index in [-0.39, 0.29) is 11.3 Å². The maximum atomic E-state index is 11.6. The van der Waals surface area contributed by atoms with Gasteiger partial charge in [-0.3, -0.25) is 4.79 Å². The van der Waals surface area contributed by atoms with Crippen LogP contribution in [0.4, 0.5) is 0 Å². The maximum Gasteiger partial charge on any atom is 0.222 e. The second kappa shape index (κ2) is 12.7. The van der Waals surface area contributed by atoms with Crippen molar-refractivity contribution in [1.82, 2.24) is 5.32 Å². The molecule has 0 saturated carbocycles. The second-order valence-electron chi connectivity index (χ2n) is 8.56. The highest BCUT2D eigenvalue weighted by atomic mass is 16.5. The van der Waals surface area contributed by atoms with E-state index in [9.17, 15) is 4.79 Å². The van der Waals surface area contributed by atoms with Crippen LogP contribution in [0.2, 0.25) is 0 Å². The highest BCUT2D eigenvalue weighted by molar-refractivity contribution is 5.75. The first-order chi connectivity index (χ1) is 11.1. The van der Waals surface area contributed by atoms with Crippen molar-refractivity contribution >= 4 is 5.91 Å². The molecule has 5 nitrogen and oxygen atoms in total. The Morgan fingerprint density at radius 3 is 1.67 bits per heavy atom. The summed E-state index contributed by atoms with van der Waals surface area (Å²) in [6.45, 7) is 17.3. The summed E-state index contributed by atoms with van der Waals surface area (Å²) in [6, 6.07) is 0. The largest absolute Gasteiger partial charge is 0.381 e. The molecule has 0 atom stereocenters. The minimum absolute atomic E-state index is 0.00999. The van der Waals surface area contributed by atoms with Crippen molar-refractivity contribution in [3.63, 3.8) is 0 Å². The number of amides is 1. The molecule has 0 radical (unpaired) electrons. The molecule has 0 spiro atoms. The van der Waals surface area contributed by atoms with Gasteiger partial charge in [0.05, 0.1) is 26.4 Å². The molecule has 0 aliphatic heterocycles. The third-order valence-corrected chi connectivity index (χ3v) is 3.41. The van der Waals surface area contributed by atoms with Gasteiger partial charge >= 0.3 is 0 Å². The van der Waals surface area contributed by atoms with Gasteiger partial charge in [0.1, 0.15) is 0 Å². The van der Waals surface area contributed by atoms with Gasteiger partial charge in [0.2, 0.25) is 5.91 Å². The van der Waals surface area contributed by atoms with Gasteiger partial charge in [-0.1, -0.05) is 41.5 Å². The molecule has 1 N–H and O–H groups in total. The summed E-state index contributed by atoms with van der Waals surface area (Å²) >= 11 is 0. The molecule has 0 fully saturated rings. The van der Waals surface area contributed by atoms with E-state index in [1.807, 2.05) is 0 Å². The standard InChI is InChI=1S/C19H39NO4/c1-18(2,3)8-12-22-11-7-17(21)20-10-14-24-16-15-23-13-9-19(4,5)6/h7-16H2,1-6H3,(H,20,21). The predicted octanol–water partition coefficient (Wildman–Crippen LogP) is 3.41. The van der Waals surface area contributed by atoms with Gasteiger partial charge in [0, 0.05) is 26.2 Å². The molecule has 0 unspecified atom stereocenters. The molecule has 0 aromatic carbocycles. The van der Waals surface area contributed by atoms with Gasteiger partial charge in [-0.05, 0) is 23.7 Å². The average Bonchev–Trinajstić information content (AvgIpc) is 2.42. The smallest absolute Gasteiger partial charge is 0.222 e. The Morgan fingerprint density at radius 1 is 0.708 bits per heavy atom. The molecular weight excluding hydrogens is 306 g/mol. The zero-order chi connectivity index (χ0) is 18.5. The van der Waals surface area contributed by atoms with Crippen molar-refractivity contribution in [3.05, 3.63) is 0 Å². The van der Waals surface area contributed by atoms with Crippen molar-refractivity contribution in [1.29, 1.82) is 0 Å². The van der Waals surface area contributed by atoms with Crippen LogP contribution in [0, 0.1) is 10.8 Å². The second-order valence-corrected chi connectivity index (χ2v) is 8.56. The van der Waals surface area contributed by atoms with E-state index in [0.717, 1.165) is 19.4 Å². The number of hydrogen-bond acceptors (Lipinski definition) is 4. The van der Waals surface area contributed by atoms with Gasteiger partial charge in [-0.2, -0.15) is 0 Å². The number of rotatable bonds is 13. The summed E-state index contributed by atoms with van der Waals surface area (Å²) in [5.74, 6) is 0.00999. The Hall–Kier alpha value is -0.650. The number of ether oxygens (including phenoxy) is 3. The molecule has 144 valence electrons. The van der Waals surface area contributed by atoms with Crippen LogP contribution in [0.3, 0.4) is 0 Å².